The SMILES string of the molecule is O[C@@H]1C[C@H]2CN(c3ccc(Cl)cn3)C[C@H]2C[C@H]1Oc1ccc2c(c1)OCO2. The molecule has 2 aromatic rings. The Morgan fingerprint density at radius 3 is 2.70 bits per heavy atom. The topological polar surface area (TPSA) is 64.1 Å². The Bertz CT molecular complexity index is 831. The third kappa shape index (κ3) is 3.28. The molecule has 0 radical (unpaired) electrons. The quantitative estimate of drug-likeness (QED) is 0.871. The van der Waals surface area contributed by atoms with Gasteiger partial charge in [0.2, 0.25) is 6.79 Å². The molecule has 2 aliphatic heterocycles. The van der Waals surface area contributed by atoms with E-state index >= 15 is 0 Å². The molecule has 27 heavy (non-hydrogen) atoms. The van der Waals surface area contributed by atoms with Crippen molar-refractivity contribution < 1.29 is 19.3 Å². The second-order valence-electron chi connectivity index (χ2n) is 7.47. The number of ether oxygens (including phenoxy) is 3. The van der Waals surface area contributed by atoms with Gasteiger partial charge in [-0.2, -0.15) is 0 Å². The number of hydrogen-bond acceptors (Lipinski definition) is 6. The van der Waals surface area contributed by atoms with Gasteiger partial charge in [0.25, 0.3) is 0 Å². The average molecular weight is 389 g/mol. The number of aromatic nitrogens is 1. The second-order valence-corrected chi connectivity index (χ2v) is 7.91. The molecule has 1 aromatic heterocycles. The van der Waals surface area contributed by atoms with Crippen LogP contribution in [-0.2, 0) is 0 Å². The fraction of sp³-hybridized carbons (Fsp3) is 0.450. The summed E-state index contributed by atoms with van der Waals surface area (Å²) in [5.41, 5.74) is 0. The first-order valence-electron chi connectivity index (χ1n) is 9.26. The average Bonchev–Trinajstić information content (AvgIpc) is 3.28. The van der Waals surface area contributed by atoms with E-state index in [4.69, 9.17) is 25.8 Å². The Hall–Kier alpha value is -2.18. The zero-order valence-corrected chi connectivity index (χ0v) is 15.5. The van der Waals surface area contributed by atoms with Crippen LogP contribution in [0.3, 0.4) is 0 Å². The van der Waals surface area contributed by atoms with Crippen molar-refractivity contribution in [3.05, 3.63) is 41.6 Å². The maximum Gasteiger partial charge on any atom is 0.231 e. The number of aliphatic hydroxyl groups is 1. The normalized spacial score (nSPS) is 28.9. The Morgan fingerprint density at radius 2 is 1.89 bits per heavy atom. The Kier molecular flexibility index (Phi) is 4.25. The van der Waals surface area contributed by atoms with Gasteiger partial charge in [-0.15, -0.1) is 0 Å². The van der Waals surface area contributed by atoms with E-state index in [1.165, 1.54) is 0 Å². The first-order valence-corrected chi connectivity index (χ1v) is 9.64. The number of nitrogens with zero attached hydrogens (tertiary/aromatic N) is 2. The molecule has 1 saturated carbocycles. The van der Waals surface area contributed by atoms with Gasteiger partial charge in [-0.3, -0.25) is 0 Å². The molecule has 2 fully saturated rings. The van der Waals surface area contributed by atoms with Crippen LogP contribution in [0.15, 0.2) is 36.5 Å². The molecule has 1 N–H and O–H groups in total. The van der Waals surface area contributed by atoms with Crippen LogP contribution in [0.25, 0.3) is 0 Å². The zero-order valence-electron chi connectivity index (χ0n) is 14.8. The summed E-state index contributed by atoms with van der Waals surface area (Å²) >= 11 is 5.94. The van der Waals surface area contributed by atoms with E-state index in [1.807, 2.05) is 30.3 Å². The maximum atomic E-state index is 10.6. The number of hydrogen-bond donors (Lipinski definition) is 1. The smallest absolute Gasteiger partial charge is 0.231 e. The predicted molar refractivity (Wildman–Crippen MR) is 101 cm³/mol. The maximum absolute atomic E-state index is 10.6. The van der Waals surface area contributed by atoms with Crippen molar-refractivity contribution in [1.82, 2.24) is 4.98 Å². The van der Waals surface area contributed by atoms with Crippen LogP contribution in [0.2, 0.25) is 5.02 Å². The summed E-state index contributed by atoms with van der Waals surface area (Å²) in [5.74, 6) is 4.00. The molecule has 3 aliphatic rings. The number of benzene rings is 1. The molecule has 142 valence electrons. The van der Waals surface area contributed by atoms with Gasteiger partial charge in [0.05, 0.1) is 11.1 Å². The van der Waals surface area contributed by atoms with Gasteiger partial charge in [0, 0.05) is 25.4 Å². The van der Waals surface area contributed by atoms with Crippen molar-refractivity contribution in [1.29, 1.82) is 0 Å². The first-order chi connectivity index (χ1) is 13.2. The summed E-state index contributed by atoms with van der Waals surface area (Å²) in [4.78, 5) is 6.71. The lowest BCUT2D eigenvalue weighted by atomic mass is 9.78. The summed E-state index contributed by atoms with van der Waals surface area (Å²) < 4.78 is 16.9. The van der Waals surface area contributed by atoms with E-state index < -0.39 is 6.10 Å². The monoisotopic (exact) mass is 388 g/mol. The lowest BCUT2D eigenvalue weighted by Crippen LogP contribution is -2.42. The van der Waals surface area contributed by atoms with E-state index in [-0.39, 0.29) is 12.9 Å². The van der Waals surface area contributed by atoms with Crippen molar-refractivity contribution >= 4 is 17.4 Å². The van der Waals surface area contributed by atoms with Crippen LogP contribution in [0.5, 0.6) is 17.2 Å². The van der Waals surface area contributed by atoms with Gasteiger partial charge in [-0.05, 0) is 48.9 Å². The number of anilines is 1. The highest BCUT2D eigenvalue weighted by atomic mass is 35.5. The van der Waals surface area contributed by atoms with Crippen molar-refractivity contribution in [3.63, 3.8) is 0 Å². The van der Waals surface area contributed by atoms with Crippen LogP contribution in [0.1, 0.15) is 12.8 Å². The standard InChI is InChI=1S/C20H21ClN2O4/c21-14-1-4-20(22-8-14)23-9-12-5-16(24)18(6-13(12)10-23)27-15-2-3-17-19(7-15)26-11-25-17/h1-4,7-8,12-13,16,18,24H,5-6,9-11H2/t12-,13+,16+,18+/m0/s1. The van der Waals surface area contributed by atoms with E-state index in [2.05, 4.69) is 9.88 Å². The molecule has 4 atom stereocenters. The van der Waals surface area contributed by atoms with Crippen LogP contribution in [-0.4, -0.2) is 42.2 Å². The number of pyridine rings is 1. The van der Waals surface area contributed by atoms with Crippen LogP contribution in [0, 0.1) is 11.8 Å². The summed E-state index contributed by atoms with van der Waals surface area (Å²) in [6, 6.07) is 9.37. The molecule has 0 spiro atoms. The minimum Gasteiger partial charge on any atom is -0.488 e. The van der Waals surface area contributed by atoms with Crippen molar-refractivity contribution in [2.45, 2.75) is 25.0 Å². The van der Waals surface area contributed by atoms with E-state index in [9.17, 15) is 5.11 Å². The summed E-state index contributed by atoms with van der Waals surface area (Å²) in [6.45, 7) is 2.07. The van der Waals surface area contributed by atoms with Gasteiger partial charge in [-0.25, -0.2) is 4.98 Å². The summed E-state index contributed by atoms with van der Waals surface area (Å²) in [6.07, 6.45) is 2.55. The fourth-order valence-corrected chi connectivity index (χ4v) is 4.50. The molecule has 0 bridgehead atoms. The highest BCUT2D eigenvalue weighted by molar-refractivity contribution is 6.30. The number of fused-ring (bicyclic) bond motifs is 2. The number of rotatable bonds is 3. The van der Waals surface area contributed by atoms with Gasteiger partial charge >= 0.3 is 0 Å². The molecule has 1 aromatic carbocycles. The Balaban J connectivity index is 1.27. The first kappa shape index (κ1) is 17.0. The summed E-state index contributed by atoms with van der Waals surface area (Å²) in [5, 5.41) is 11.3. The fourth-order valence-electron chi connectivity index (χ4n) is 4.38. The molecule has 5 rings (SSSR count). The molecular weight excluding hydrogens is 368 g/mol. The highest BCUT2D eigenvalue weighted by Crippen LogP contribution is 2.41. The van der Waals surface area contributed by atoms with Crippen LogP contribution >= 0.6 is 11.6 Å². The van der Waals surface area contributed by atoms with Crippen molar-refractivity contribution in [2.75, 3.05) is 24.8 Å². The van der Waals surface area contributed by atoms with Crippen molar-refractivity contribution in [2.24, 2.45) is 11.8 Å². The van der Waals surface area contributed by atoms with Crippen LogP contribution in [0.4, 0.5) is 5.82 Å². The second kappa shape index (κ2) is 6.77. The molecule has 0 amide bonds. The van der Waals surface area contributed by atoms with Gasteiger partial charge in [0.1, 0.15) is 17.7 Å². The van der Waals surface area contributed by atoms with Gasteiger partial charge in [-0.1, -0.05) is 11.6 Å². The number of halogens is 1. The van der Waals surface area contributed by atoms with E-state index in [0.29, 0.717) is 28.4 Å². The molecule has 3 heterocycles. The molecule has 6 nitrogen and oxygen atoms in total. The van der Waals surface area contributed by atoms with Crippen LogP contribution < -0.4 is 19.1 Å². The molecule has 1 aliphatic carbocycles. The lowest BCUT2D eigenvalue weighted by molar-refractivity contribution is -0.0232. The zero-order chi connectivity index (χ0) is 18.4. The molecular formula is C20H21ClN2O4. The van der Waals surface area contributed by atoms with E-state index in [1.54, 1.807) is 6.20 Å². The van der Waals surface area contributed by atoms with Gasteiger partial charge < -0.3 is 24.2 Å². The molecule has 0 unspecified atom stereocenters. The third-order valence-electron chi connectivity index (χ3n) is 5.75. The Morgan fingerprint density at radius 1 is 1.07 bits per heavy atom. The van der Waals surface area contributed by atoms with E-state index in [0.717, 1.165) is 37.5 Å². The molecule has 1 saturated heterocycles. The minimum atomic E-state index is -0.477. The predicted octanol–water partition coefficient (Wildman–Crippen LogP) is 3.12. The minimum absolute atomic E-state index is 0.218. The lowest BCUT2D eigenvalue weighted by Gasteiger charge is -2.35. The van der Waals surface area contributed by atoms with Crippen molar-refractivity contribution in [3.8, 4) is 17.2 Å². The third-order valence-corrected chi connectivity index (χ3v) is 5.98. The Labute approximate surface area is 162 Å². The number of aliphatic hydroxyl groups excluding tert-OH is 1. The molecule has 7 heteroatoms. The highest BCUT2D eigenvalue weighted by Gasteiger charge is 2.43. The largest absolute Gasteiger partial charge is 0.488 e. The summed E-state index contributed by atoms with van der Waals surface area (Å²) in [7, 11) is 0. The van der Waals surface area contributed by atoms with Gasteiger partial charge in [0.15, 0.2) is 11.5 Å².